The molecule has 156 valence electrons. The van der Waals surface area contributed by atoms with Crippen molar-refractivity contribution in [3.05, 3.63) is 52.8 Å². The number of ether oxygens (including phenoxy) is 2. The van der Waals surface area contributed by atoms with Gasteiger partial charge in [0.25, 0.3) is 5.91 Å². The number of hydrogen-bond acceptors (Lipinski definition) is 6. The number of nitrogens with zero attached hydrogens (tertiary/aromatic N) is 4. The van der Waals surface area contributed by atoms with Crippen molar-refractivity contribution in [3.63, 3.8) is 0 Å². The van der Waals surface area contributed by atoms with Crippen molar-refractivity contribution in [1.82, 2.24) is 19.7 Å². The Labute approximate surface area is 179 Å². The van der Waals surface area contributed by atoms with Gasteiger partial charge in [-0.25, -0.2) is 0 Å². The maximum absolute atomic E-state index is 12.8. The van der Waals surface area contributed by atoms with E-state index in [0.717, 1.165) is 42.2 Å². The van der Waals surface area contributed by atoms with E-state index in [2.05, 4.69) is 16.1 Å². The minimum Gasteiger partial charge on any atom is -0.495 e. The Kier molecular flexibility index (Phi) is 4.83. The first kappa shape index (κ1) is 19.3. The van der Waals surface area contributed by atoms with Crippen molar-refractivity contribution in [3.8, 4) is 16.3 Å². The lowest BCUT2D eigenvalue weighted by Crippen LogP contribution is -2.48. The number of carbonyl (C=O) groups is 1. The average molecular weight is 425 g/mol. The van der Waals surface area contributed by atoms with Gasteiger partial charge in [-0.1, -0.05) is 0 Å². The molecule has 0 radical (unpaired) electrons. The molecular weight excluding hydrogens is 400 g/mol. The fourth-order valence-corrected chi connectivity index (χ4v) is 5.63. The molecule has 0 aliphatic carbocycles. The van der Waals surface area contributed by atoms with Crippen molar-refractivity contribution < 1.29 is 14.3 Å². The summed E-state index contributed by atoms with van der Waals surface area (Å²) in [6, 6.07) is 7.95. The monoisotopic (exact) mass is 424 g/mol. The molecule has 0 atom stereocenters. The normalized spacial score (nSPS) is 17.7. The number of aryl methyl sites for hydroxylation is 1. The van der Waals surface area contributed by atoms with Gasteiger partial charge in [-0.15, -0.1) is 11.3 Å². The highest BCUT2D eigenvalue weighted by Gasteiger charge is 2.43. The van der Waals surface area contributed by atoms with Gasteiger partial charge in [0.2, 0.25) is 0 Å². The number of rotatable bonds is 3. The summed E-state index contributed by atoms with van der Waals surface area (Å²) in [5.74, 6) is 0.791. The molecule has 8 heteroatoms. The average Bonchev–Trinajstić information content (AvgIpc) is 3.41. The van der Waals surface area contributed by atoms with Crippen molar-refractivity contribution in [2.75, 3.05) is 26.8 Å². The lowest BCUT2D eigenvalue weighted by molar-refractivity contribution is -0.0927. The number of aromatic nitrogens is 3. The smallest absolute Gasteiger partial charge is 0.272 e. The molecule has 1 saturated heterocycles. The van der Waals surface area contributed by atoms with Gasteiger partial charge in [-0.3, -0.25) is 14.5 Å². The maximum Gasteiger partial charge on any atom is 0.272 e. The second-order valence-electron chi connectivity index (χ2n) is 7.76. The highest BCUT2D eigenvalue weighted by atomic mass is 32.1. The second kappa shape index (κ2) is 7.52. The summed E-state index contributed by atoms with van der Waals surface area (Å²) >= 11 is 1.80. The molecule has 0 saturated carbocycles. The number of carbonyl (C=O) groups excluding carboxylic acids is 1. The van der Waals surface area contributed by atoms with Gasteiger partial charge in [0, 0.05) is 37.6 Å². The number of piperidine rings is 1. The zero-order chi connectivity index (χ0) is 20.7. The van der Waals surface area contributed by atoms with Crippen LogP contribution in [-0.2, 0) is 23.8 Å². The third kappa shape index (κ3) is 3.20. The summed E-state index contributed by atoms with van der Waals surface area (Å²) < 4.78 is 13.2. The van der Waals surface area contributed by atoms with E-state index >= 15 is 0 Å². The van der Waals surface area contributed by atoms with E-state index in [1.54, 1.807) is 48.6 Å². The highest BCUT2D eigenvalue weighted by Crippen LogP contribution is 2.46. The standard InChI is InChI=1S/C22H24N4O3S/c1-25-18(5-9-24-25)21(27)26-10-7-22(8-11-26)16-13-20(30-19(16)6-12-29-22)17-4-3-15(28-2)14-23-17/h3-5,9,13-14H,6-8,10-12H2,1-2H3. The number of methoxy groups -OCH3 is 1. The van der Waals surface area contributed by atoms with Gasteiger partial charge >= 0.3 is 0 Å². The van der Waals surface area contributed by atoms with E-state index in [9.17, 15) is 4.79 Å². The van der Waals surface area contributed by atoms with Crippen LogP contribution in [-0.4, -0.2) is 52.4 Å². The Morgan fingerprint density at radius 3 is 2.77 bits per heavy atom. The summed E-state index contributed by atoms with van der Waals surface area (Å²) in [4.78, 5) is 21.8. The number of amides is 1. The number of likely N-dealkylation sites (tertiary alicyclic amines) is 1. The Bertz CT molecular complexity index is 1060. The molecule has 0 bridgehead atoms. The molecule has 0 aromatic carbocycles. The van der Waals surface area contributed by atoms with Gasteiger partial charge < -0.3 is 14.4 Å². The van der Waals surface area contributed by atoms with Gasteiger partial charge in [0.15, 0.2) is 0 Å². The van der Waals surface area contributed by atoms with Crippen LogP contribution in [0.25, 0.3) is 10.6 Å². The molecule has 3 aromatic rings. The van der Waals surface area contributed by atoms with E-state index in [4.69, 9.17) is 9.47 Å². The van der Waals surface area contributed by atoms with Gasteiger partial charge in [-0.2, -0.15) is 5.10 Å². The zero-order valence-corrected chi connectivity index (χ0v) is 17.9. The van der Waals surface area contributed by atoms with Crippen LogP contribution in [0.1, 0.15) is 33.8 Å². The van der Waals surface area contributed by atoms with Crippen LogP contribution in [0, 0.1) is 0 Å². The Morgan fingerprint density at radius 2 is 2.10 bits per heavy atom. The van der Waals surface area contributed by atoms with Crippen LogP contribution >= 0.6 is 11.3 Å². The van der Waals surface area contributed by atoms with Crippen molar-refractivity contribution >= 4 is 17.2 Å². The van der Waals surface area contributed by atoms with Gasteiger partial charge in [-0.05, 0) is 42.7 Å². The minimum atomic E-state index is -0.307. The van der Waals surface area contributed by atoms with Crippen molar-refractivity contribution in [1.29, 1.82) is 0 Å². The summed E-state index contributed by atoms with van der Waals surface area (Å²) in [5, 5.41) is 4.12. The van der Waals surface area contributed by atoms with E-state index in [1.165, 1.54) is 10.4 Å². The van der Waals surface area contributed by atoms with Crippen LogP contribution in [0.15, 0.2) is 36.7 Å². The molecular formula is C22H24N4O3S. The lowest BCUT2D eigenvalue weighted by atomic mass is 9.82. The van der Waals surface area contributed by atoms with Crippen LogP contribution in [0.3, 0.4) is 0 Å². The molecule has 2 aliphatic heterocycles. The molecule has 2 aliphatic rings. The molecule has 0 N–H and O–H groups in total. The van der Waals surface area contributed by atoms with Gasteiger partial charge in [0.05, 0.1) is 36.1 Å². The van der Waals surface area contributed by atoms with Gasteiger partial charge in [0.1, 0.15) is 11.4 Å². The number of thiophene rings is 1. The molecule has 5 heterocycles. The molecule has 1 amide bonds. The van der Waals surface area contributed by atoms with Crippen LogP contribution < -0.4 is 4.74 Å². The minimum absolute atomic E-state index is 0.0364. The number of fused-ring (bicyclic) bond motifs is 2. The summed E-state index contributed by atoms with van der Waals surface area (Å²) in [6.07, 6.45) is 5.94. The molecule has 0 unspecified atom stereocenters. The topological polar surface area (TPSA) is 69.5 Å². The van der Waals surface area contributed by atoms with E-state index in [1.807, 2.05) is 17.0 Å². The fraction of sp³-hybridized carbons (Fsp3) is 0.409. The summed E-state index contributed by atoms with van der Waals surface area (Å²) in [6.45, 7) is 2.07. The lowest BCUT2D eigenvalue weighted by Gasteiger charge is -2.44. The quantitative estimate of drug-likeness (QED) is 0.646. The SMILES string of the molecule is COc1ccc(-c2cc3c(s2)CCOC32CCN(C(=O)c3ccnn3C)CC2)nc1. The van der Waals surface area contributed by atoms with Crippen molar-refractivity contribution in [2.24, 2.45) is 7.05 Å². The first-order valence-electron chi connectivity index (χ1n) is 10.1. The predicted octanol–water partition coefficient (Wildman–Crippen LogP) is 3.26. The first-order chi connectivity index (χ1) is 14.6. The third-order valence-electron chi connectivity index (χ3n) is 6.13. The van der Waals surface area contributed by atoms with E-state index in [0.29, 0.717) is 18.8 Å². The Hall–Kier alpha value is -2.71. The molecule has 7 nitrogen and oxygen atoms in total. The maximum atomic E-state index is 12.8. The molecule has 1 spiro atoms. The second-order valence-corrected chi connectivity index (χ2v) is 8.89. The molecule has 1 fully saturated rings. The predicted molar refractivity (Wildman–Crippen MR) is 114 cm³/mol. The third-order valence-corrected chi connectivity index (χ3v) is 7.35. The largest absolute Gasteiger partial charge is 0.495 e. The molecule has 30 heavy (non-hydrogen) atoms. The van der Waals surface area contributed by atoms with Crippen LogP contribution in [0.4, 0.5) is 0 Å². The van der Waals surface area contributed by atoms with Crippen molar-refractivity contribution in [2.45, 2.75) is 24.9 Å². The number of pyridine rings is 1. The molecule has 5 rings (SSSR count). The van der Waals surface area contributed by atoms with Crippen LogP contribution in [0.5, 0.6) is 5.75 Å². The first-order valence-corrected chi connectivity index (χ1v) is 11.0. The molecule has 3 aromatic heterocycles. The summed E-state index contributed by atoms with van der Waals surface area (Å²) in [5.41, 5.74) is 2.55. The van der Waals surface area contributed by atoms with E-state index in [-0.39, 0.29) is 11.5 Å². The van der Waals surface area contributed by atoms with Crippen LogP contribution in [0.2, 0.25) is 0 Å². The summed E-state index contributed by atoms with van der Waals surface area (Å²) in [7, 11) is 3.45. The van der Waals surface area contributed by atoms with E-state index < -0.39 is 0 Å². The number of hydrogen-bond donors (Lipinski definition) is 0. The Balaban J connectivity index is 1.38. The fourth-order valence-electron chi connectivity index (χ4n) is 4.42. The highest BCUT2D eigenvalue weighted by molar-refractivity contribution is 7.15. The zero-order valence-electron chi connectivity index (χ0n) is 17.1. The Morgan fingerprint density at radius 1 is 1.27 bits per heavy atom.